The van der Waals surface area contributed by atoms with Crippen molar-refractivity contribution in [1.29, 1.82) is 0 Å². The molecule has 1 atom stereocenters. The van der Waals surface area contributed by atoms with E-state index in [1.807, 2.05) is 0 Å². The van der Waals surface area contributed by atoms with E-state index in [9.17, 15) is 18.0 Å². The zero-order valence-corrected chi connectivity index (χ0v) is 20.7. The van der Waals surface area contributed by atoms with Crippen LogP contribution in [0.3, 0.4) is 0 Å². The quantitative estimate of drug-likeness (QED) is 0.385. The Morgan fingerprint density at radius 3 is 2.46 bits per heavy atom. The standard InChI is InChI=1S/C22H23N3O8S2/c1-13(11-31-2)32-18-8-14(21(28)25-22-23-15(12-34-22)10-20(26)27)9-19(24-18)33-16-4-6-17(7-5-16)35(3,29)30/h4-9,12-13H,10-11H2,1-3H3,(H,26,27)(H,23,25,28)/t13-/m1/s1. The van der Waals surface area contributed by atoms with Crippen LogP contribution < -0.4 is 14.8 Å². The van der Waals surface area contributed by atoms with Crippen molar-refractivity contribution in [2.75, 3.05) is 25.3 Å². The molecule has 0 spiro atoms. The number of carbonyl (C=O) groups is 2. The van der Waals surface area contributed by atoms with Crippen LogP contribution in [0.1, 0.15) is 23.0 Å². The molecule has 13 heteroatoms. The molecule has 0 saturated carbocycles. The molecule has 0 fully saturated rings. The van der Waals surface area contributed by atoms with Gasteiger partial charge in [0.05, 0.1) is 29.2 Å². The highest BCUT2D eigenvalue weighted by atomic mass is 32.2. The van der Waals surface area contributed by atoms with Gasteiger partial charge in [0.25, 0.3) is 5.91 Å². The fourth-order valence-electron chi connectivity index (χ4n) is 2.84. The molecule has 2 heterocycles. The number of benzene rings is 1. The third-order valence-electron chi connectivity index (χ3n) is 4.34. The van der Waals surface area contributed by atoms with E-state index in [4.69, 9.17) is 19.3 Å². The first-order valence-electron chi connectivity index (χ1n) is 10.2. The van der Waals surface area contributed by atoms with Crippen LogP contribution in [0.5, 0.6) is 17.5 Å². The molecule has 3 rings (SSSR count). The molecule has 35 heavy (non-hydrogen) atoms. The summed E-state index contributed by atoms with van der Waals surface area (Å²) >= 11 is 1.10. The van der Waals surface area contributed by atoms with Crippen molar-refractivity contribution in [1.82, 2.24) is 9.97 Å². The first kappa shape index (κ1) is 26.1. The number of aromatic nitrogens is 2. The highest BCUT2D eigenvalue weighted by Gasteiger charge is 2.16. The molecule has 0 radical (unpaired) electrons. The van der Waals surface area contributed by atoms with Gasteiger partial charge in [-0.25, -0.2) is 13.4 Å². The van der Waals surface area contributed by atoms with Gasteiger partial charge in [0, 0.05) is 30.9 Å². The van der Waals surface area contributed by atoms with E-state index in [2.05, 4.69) is 15.3 Å². The number of anilines is 1. The van der Waals surface area contributed by atoms with Crippen molar-refractivity contribution in [2.45, 2.75) is 24.3 Å². The number of carboxylic acid groups (broad SMARTS) is 1. The van der Waals surface area contributed by atoms with E-state index in [0.717, 1.165) is 17.6 Å². The number of carbonyl (C=O) groups excluding carboxylic acids is 1. The van der Waals surface area contributed by atoms with Crippen molar-refractivity contribution in [3.63, 3.8) is 0 Å². The Balaban J connectivity index is 1.85. The molecule has 0 aliphatic carbocycles. The maximum Gasteiger partial charge on any atom is 0.309 e. The lowest BCUT2D eigenvalue weighted by Gasteiger charge is -2.15. The number of aliphatic carboxylic acids is 1. The van der Waals surface area contributed by atoms with E-state index >= 15 is 0 Å². The Hall–Kier alpha value is -3.55. The van der Waals surface area contributed by atoms with Gasteiger partial charge < -0.3 is 19.3 Å². The fraction of sp³-hybridized carbons (Fsp3) is 0.273. The van der Waals surface area contributed by atoms with Crippen LogP contribution in [0.25, 0.3) is 0 Å². The molecule has 2 N–H and O–H groups in total. The average molecular weight is 522 g/mol. The number of nitrogens with one attached hydrogen (secondary N) is 1. The third-order valence-corrected chi connectivity index (χ3v) is 6.28. The number of sulfone groups is 1. The van der Waals surface area contributed by atoms with Crippen LogP contribution in [0.2, 0.25) is 0 Å². The summed E-state index contributed by atoms with van der Waals surface area (Å²) in [5.41, 5.74) is 0.476. The van der Waals surface area contributed by atoms with Gasteiger partial charge in [-0.2, -0.15) is 4.98 Å². The van der Waals surface area contributed by atoms with Crippen molar-refractivity contribution >= 4 is 38.2 Å². The van der Waals surface area contributed by atoms with E-state index in [1.165, 1.54) is 43.5 Å². The molecule has 186 valence electrons. The number of hydrogen-bond donors (Lipinski definition) is 2. The Bertz CT molecular complexity index is 1310. The van der Waals surface area contributed by atoms with Gasteiger partial charge >= 0.3 is 5.97 Å². The first-order valence-corrected chi connectivity index (χ1v) is 12.9. The molecule has 2 aromatic heterocycles. The maximum atomic E-state index is 12.9. The molecule has 0 saturated heterocycles. The summed E-state index contributed by atoms with van der Waals surface area (Å²) < 4.78 is 39.9. The van der Waals surface area contributed by atoms with E-state index < -0.39 is 21.7 Å². The van der Waals surface area contributed by atoms with Crippen molar-refractivity contribution in [3.05, 3.63) is 53.0 Å². The lowest BCUT2D eigenvalue weighted by molar-refractivity contribution is -0.136. The second-order valence-electron chi connectivity index (χ2n) is 7.43. The highest BCUT2D eigenvalue weighted by Crippen LogP contribution is 2.26. The average Bonchev–Trinajstić information content (AvgIpc) is 3.19. The minimum absolute atomic E-state index is 0.0371. The minimum atomic E-state index is -3.36. The number of carboxylic acids is 1. The van der Waals surface area contributed by atoms with Crippen LogP contribution >= 0.6 is 11.3 Å². The molecule has 0 unspecified atom stereocenters. The van der Waals surface area contributed by atoms with Gasteiger partial charge in [0.2, 0.25) is 11.8 Å². The van der Waals surface area contributed by atoms with Crippen LogP contribution in [0.15, 0.2) is 46.7 Å². The van der Waals surface area contributed by atoms with Crippen LogP contribution in [-0.2, 0) is 25.8 Å². The van der Waals surface area contributed by atoms with Crippen molar-refractivity contribution < 1.29 is 37.3 Å². The SMILES string of the molecule is COC[C@@H](C)Oc1cc(C(=O)Nc2nc(CC(=O)O)cs2)cc(Oc2ccc(S(C)(=O)=O)cc2)n1. The van der Waals surface area contributed by atoms with Gasteiger partial charge in [-0.15, -0.1) is 11.3 Å². The first-order chi connectivity index (χ1) is 16.5. The molecule has 1 amide bonds. The Labute approximate surface area is 205 Å². The van der Waals surface area contributed by atoms with Gasteiger partial charge in [0.15, 0.2) is 15.0 Å². The summed E-state index contributed by atoms with van der Waals surface area (Å²) in [4.78, 5) is 32.2. The topological polar surface area (TPSA) is 154 Å². The Kier molecular flexibility index (Phi) is 8.38. The van der Waals surface area contributed by atoms with Crippen molar-refractivity contribution in [3.8, 4) is 17.5 Å². The molecule has 0 aliphatic rings. The number of hydrogen-bond acceptors (Lipinski definition) is 10. The van der Waals surface area contributed by atoms with Gasteiger partial charge in [-0.05, 0) is 31.2 Å². The van der Waals surface area contributed by atoms with Gasteiger partial charge in [0.1, 0.15) is 11.9 Å². The number of amides is 1. The zero-order valence-electron chi connectivity index (χ0n) is 19.0. The summed E-state index contributed by atoms with van der Waals surface area (Å²) in [5.74, 6) is -1.12. The van der Waals surface area contributed by atoms with Crippen LogP contribution in [0, 0.1) is 0 Å². The predicted octanol–water partition coefficient (Wildman–Crippen LogP) is 3.03. The summed E-state index contributed by atoms with van der Waals surface area (Å²) in [5, 5.41) is 13.3. The lowest BCUT2D eigenvalue weighted by Crippen LogP contribution is -2.19. The number of rotatable bonds is 11. The molecular formula is C22H23N3O8S2. The largest absolute Gasteiger partial charge is 0.481 e. The molecule has 3 aromatic rings. The molecular weight excluding hydrogens is 498 g/mol. The smallest absolute Gasteiger partial charge is 0.309 e. The molecule has 0 aliphatic heterocycles. The fourth-order valence-corrected chi connectivity index (χ4v) is 4.18. The summed E-state index contributed by atoms with van der Waals surface area (Å²) in [6, 6.07) is 8.55. The van der Waals surface area contributed by atoms with E-state index in [0.29, 0.717) is 11.4 Å². The number of methoxy groups -OCH3 is 1. The highest BCUT2D eigenvalue weighted by molar-refractivity contribution is 7.90. The normalized spacial score (nSPS) is 12.1. The summed E-state index contributed by atoms with van der Waals surface area (Å²) in [6.07, 6.45) is 0.475. The summed E-state index contributed by atoms with van der Waals surface area (Å²) in [7, 11) is -1.84. The molecule has 1 aromatic carbocycles. The Morgan fingerprint density at radius 1 is 1.14 bits per heavy atom. The number of pyridine rings is 1. The second kappa shape index (κ2) is 11.3. The predicted molar refractivity (Wildman–Crippen MR) is 127 cm³/mol. The number of thiazole rings is 1. The lowest BCUT2D eigenvalue weighted by atomic mass is 10.2. The Morgan fingerprint density at radius 2 is 1.83 bits per heavy atom. The number of ether oxygens (including phenoxy) is 3. The maximum absolute atomic E-state index is 12.9. The van der Waals surface area contributed by atoms with Gasteiger partial charge in [-0.1, -0.05) is 0 Å². The van der Waals surface area contributed by atoms with Gasteiger partial charge in [-0.3, -0.25) is 14.9 Å². The van der Waals surface area contributed by atoms with Crippen LogP contribution in [-0.4, -0.2) is 61.4 Å². The number of nitrogens with zero attached hydrogens (tertiary/aromatic N) is 2. The minimum Gasteiger partial charge on any atom is -0.481 e. The molecule has 0 bridgehead atoms. The summed E-state index contributed by atoms with van der Waals surface area (Å²) in [6.45, 7) is 2.05. The third kappa shape index (κ3) is 7.73. The van der Waals surface area contributed by atoms with Crippen LogP contribution in [0.4, 0.5) is 5.13 Å². The second-order valence-corrected chi connectivity index (χ2v) is 10.3. The monoisotopic (exact) mass is 521 g/mol. The van der Waals surface area contributed by atoms with E-state index in [1.54, 1.807) is 12.3 Å². The zero-order chi connectivity index (χ0) is 25.6. The van der Waals surface area contributed by atoms with Crippen molar-refractivity contribution in [2.24, 2.45) is 0 Å². The van der Waals surface area contributed by atoms with E-state index in [-0.39, 0.29) is 46.5 Å². The molecule has 11 nitrogen and oxygen atoms in total.